The van der Waals surface area contributed by atoms with Crippen molar-refractivity contribution in [3.8, 4) is 0 Å². The fraction of sp³-hybridized carbons (Fsp3) is 0.385. The number of aromatic nitrogens is 2. The van der Waals surface area contributed by atoms with Gasteiger partial charge in [0.2, 0.25) is 5.13 Å². The Hall–Kier alpha value is -1.46. The molecule has 1 saturated carbocycles. The van der Waals surface area contributed by atoms with E-state index in [-0.39, 0.29) is 6.04 Å². The standard InChI is InChI=1S/C13H16N4S/c14-8-11(9-4-2-1-3-5-9)15-13-16-12(17-18-13)10-6-7-10/h1-5,10-11H,6-8,14H2,(H,15,16,17). The van der Waals surface area contributed by atoms with Gasteiger partial charge in [-0.05, 0) is 18.4 Å². The predicted octanol–water partition coefficient (Wildman–Crippen LogP) is 2.53. The summed E-state index contributed by atoms with van der Waals surface area (Å²) in [4.78, 5) is 4.53. The number of benzene rings is 1. The highest BCUT2D eigenvalue weighted by molar-refractivity contribution is 7.09. The molecule has 1 aliphatic carbocycles. The van der Waals surface area contributed by atoms with Crippen LogP contribution >= 0.6 is 11.5 Å². The third kappa shape index (κ3) is 2.52. The molecule has 18 heavy (non-hydrogen) atoms. The lowest BCUT2D eigenvalue weighted by atomic mass is 10.1. The molecule has 3 rings (SSSR count). The maximum atomic E-state index is 5.83. The summed E-state index contributed by atoms with van der Waals surface area (Å²) in [5, 5.41) is 4.24. The van der Waals surface area contributed by atoms with E-state index >= 15 is 0 Å². The van der Waals surface area contributed by atoms with E-state index in [1.165, 1.54) is 29.9 Å². The van der Waals surface area contributed by atoms with Gasteiger partial charge in [-0.3, -0.25) is 0 Å². The van der Waals surface area contributed by atoms with Gasteiger partial charge in [0, 0.05) is 24.0 Å². The summed E-state index contributed by atoms with van der Waals surface area (Å²) in [6.45, 7) is 0.544. The predicted molar refractivity (Wildman–Crippen MR) is 73.7 cm³/mol. The van der Waals surface area contributed by atoms with Crippen LogP contribution in [-0.4, -0.2) is 15.9 Å². The normalized spacial score (nSPS) is 16.5. The lowest BCUT2D eigenvalue weighted by Crippen LogP contribution is -2.20. The molecule has 94 valence electrons. The quantitative estimate of drug-likeness (QED) is 0.867. The van der Waals surface area contributed by atoms with Crippen molar-refractivity contribution in [3.63, 3.8) is 0 Å². The molecule has 0 amide bonds. The Morgan fingerprint density at radius 2 is 2.11 bits per heavy atom. The minimum atomic E-state index is 0.103. The molecule has 1 aromatic carbocycles. The zero-order valence-electron chi connectivity index (χ0n) is 10.0. The average molecular weight is 260 g/mol. The monoisotopic (exact) mass is 260 g/mol. The minimum absolute atomic E-state index is 0.103. The van der Waals surface area contributed by atoms with Crippen LogP contribution in [0.3, 0.4) is 0 Å². The maximum absolute atomic E-state index is 5.83. The summed E-state index contributed by atoms with van der Waals surface area (Å²) in [5.74, 6) is 1.59. The number of hydrogen-bond donors (Lipinski definition) is 2. The molecule has 1 heterocycles. The van der Waals surface area contributed by atoms with Crippen molar-refractivity contribution in [1.82, 2.24) is 9.36 Å². The van der Waals surface area contributed by atoms with Crippen molar-refractivity contribution in [2.45, 2.75) is 24.8 Å². The summed E-state index contributed by atoms with van der Waals surface area (Å²) in [6.07, 6.45) is 2.46. The Labute approximate surface area is 110 Å². The molecule has 3 N–H and O–H groups in total. The molecule has 4 nitrogen and oxygen atoms in total. The van der Waals surface area contributed by atoms with Crippen LogP contribution in [0.5, 0.6) is 0 Å². The molecule has 1 aliphatic rings. The largest absolute Gasteiger partial charge is 0.352 e. The molecule has 5 heteroatoms. The molecule has 0 bridgehead atoms. The van der Waals surface area contributed by atoms with Gasteiger partial charge >= 0.3 is 0 Å². The van der Waals surface area contributed by atoms with Crippen molar-refractivity contribution < 1.29 is 0 Å². The molecule has 2 aromatic rings. The van der Waals surface area contributed by atoms with Crippen molar-refractivity contribution in [1.29, 1.82) is 0 Å². The van der Waals surface area contributed by atoms with Gasteiger partial charge < -0.3 is 11.1 Å². The molecule has 0 aliphatic heterocycles. The van der Waals surface area contributed by atoms with E-state index in [2.05, 4.69) is 26.8 Å². The van der Waals surface area contributed by atoms with Gasteiger partial charge in [0.05, 0.1) is 6.04 Å². The highest BCUT2D eigenvalue weighted by atomic mass is 32.1. The SMILES string of the molecule is NCC(Nc1nc(C2CC2)ns1)c1ccccc1. The number of anilines is 1. The molecule has 1 fully saturated rings. The second-order valence-electron chi connectivity index (χ2n) is 4.58. The molecule has 1 aromatic heterocycles. The van der Waals surface area contributed by atoms with Crippen molar-refractivity contribution >= 4 is 16.7 Å². The van der Waals surface area contributed by atoms with Gasteiger partial charge in [-0.15, -0.1) is 0 Å². The van der Waals surface area contributed by atoms with Crippen molar-refractivity contribution in [3.05, 3.63) is 41.7 Å². The second-order valence-corrected chi connectivity index (χ2v) is 5.33. The average Bonchev–Trinajstić information content (AvgIpc) is 3.17. The highest BCUT2D eigenvalue weighted by Crippen LogP contribution is 2.39. The van der Waals surface area contributed by atoms with Crippen LogP contribution in [0.4, 0.5) is 5.13 Å². The first-order valence-corrected chi connectivity index (χ1v) is 6.99. The first-order valence-electron chi connectivity index (χ1n) is 6.22. The summed E-state index contributed by atoms with van der Waals surface area (Å²) >= 11 is 1.43. The summed E-state index contributed by atoms with van der Waals surface area (Å²) in [7, 11) is 0. The van der Waals surface area contributed by atoms with Gasteiger partial charge in [-0.1, -0.05) is 30.3 Å². The van der Waals surface area contributed by atoms with Crippen LogP contribution in [0.1, 0.15) is 36.2 Å². The summed E-state index contributed by atoms with van der Waals surface area (Å²) in [6, 6.07) is 10.3. The first kappa shape index (κ1) is 11.6. The second kappa shape index (κ2) is 5.04. The Bertz CT molecular complexity index is 507. The van der Waals surface area contributed by atoms with Gasteiger partial charge in [-0.2, -0.15) is 4.37 Å². The topological polar surface area (TPSA) is 63.8 Å². The molecule has 0 saturated heterocycles. The van der Waals surface area contributed by atoms with Crippen molar-refractivity contribution in [2.75, 3.05) is 11.9 Å². The van der Waals surface area contributed by atoms with Gasteiger partial charge in [-0.25, -0.2) is 4.98 Å². The molecule has 1 atom stereocenters. The van der Waals surface area contributed by atoms with Crippen LogP contribution in [0.25, 0.3) is 0 Å². The molecule has 0 spiro atoms. The van der Waals surface area contributed by atoms with Crippen LogP contribution in [0.2, 0.25) is 0 Å². The third-order valence-corrected chi connectivity index (χ3v) is 3.78. The van der Waals surface area contributed by atoms with Crippen LogP contribution in [-0.2, 0) is 0 Å². The smallest absolute Gasteiger partial charge is 0.203 e. The Balaban J connectivity index is 1.72. The Kier molecular flexibility index (Phi) is 3.25. The number of nitrogens with one attached hydrogen (secondary N) is 1. The highest BCUT2D eigenvalue weighted by Gasteiger charge is 2.28. The molecular weight excluding hydrogens is 244 g/mol. The van der Waals surface area contributed by atoms with Gasteiger partial charge in [0.15, 0.2) is 0 Å². The van der Waals surface area contributed by atoms with E-state index in [4.69, 9.17) is 5.73 Å². The molecule has 0 radical (unpaired) electrons. The summed E-state index contributed by atoms with van der Waals surface area (Å²) < 4.78 is 4.39. The van der Waals surface area contributed by atoms with E-state index < -0.39 is 0 Å². The number of rotatable bonds is 5. The van der Waals surface area contributed by atoms with Crippen LogP contribution in [0.15, 0.2) is 30.3 Å². The van der Waals surface area contributed by atoms with Gasteiger partial charge in [0.1, 0.15) is 5.82 Å². The van der Waals surface area contributed by atoms with E-state index in [9.17, 15) is 0 Å². The Morgan fingerprint density at radius 1 is 1.33 bits per heavy atom. The third-order valence-electron chi connectivity index (χ3n) is 3.12. The fourth-order valence-electron chi connectivity index (χ4n) is 1.91. The minimum Gasteiger partial charge on any atom is -0.352 e. The number of nitrogens with zero attached hydrogens (tertiary/aromatic N) is 2. The molecular formula is C13H16N4S. The van der Waals surface area contributed by atoms with E-state index in [0.717, 1.165) is 11.0 Å². The van der Waals surface area contributed by atoms with Crippen LogP contribution in [0, 0.1) is 0 Å². The first-order chi connectivity index (χ1) is 8.86. The Morgan fingerprint density at radius 3 is 2.78 bits per heavy atom. The van der Waals surface area contributed by atoms with E-state index in [0.29, 0.717) is 12.5 Å². The number of hydrogen-bond acceptors (Lipinski definition) is 5. The zero-order valence-corrected chi connectivity index (χ0v) is 10.9. The van der Waals surface area contributed by atoms with Crippen LogP contribution < -0.4 is 11.1 Å². The lowest BCUT2D eigenvalue weighted by molar-refractivity contribution is 0.786. The number of nitrogens with two attached hydrogens (primary N) is 1. The zero-order chi connectivity index (χ0) is 12.4. The lowest BCUT2D eigenvalue weighted by Gasteiger charge is -2.15. The van der Waals surface area contributed by atoms with E-state index in [1.807, 2.05) is 18.2 Å². The maximum Gasteiger partial charge on any atom is 0.203 e. The van der Waals surface area contributed by atoms with Gasteiger partial charge in [0.25, 0.3) is 0 Å². The van der Waals surface area contributed by atoms with Crippen molar-refractivity contribution in [2.24, 2.45) is 5.73 Å². The fourth-order valence-corrected chi connectivity index (χ4v) is 2.61. The van der Waals surface area contributed by atoms with E-state index in [1.54, 1.807) is 0 Å². The summed E-state index contributed by atoms with van der Waals surface area (Å²) in [5.41, 5.74) is 7.01. The molecule has 1 unspecified atom stereocenters.